The van der Waals surface area contributed by atoms with Gasteiger partial charge in [-0.25, -0.2) is 0 Å². The molecule has 0 nitrogen and oxygen atoms in total. The topological polar surface area (TPSA) is 0 Å². The van der Waals surface area contributed by atoms with Crippen molar-refractivity contribution in [2.45, 2.75) is 237 Å². The van der Waals surface area contributed by atoms with Crippen LogP contribution in [-0.2, 0) is 14.0 Å². The molecule has 0 heterocycles. The van der Waals surface area contributed by atoms with Gasteiger partial charge in [0.05, 0.1) is 0 Å². The molecule has 0 aliphatic rings. The molecule has 0 radical (unpaired) electrons. The number of unbranched alkanes of at least 4 members (excludes halogenated alkanes) is 12. The molecule has 0 bridgehead atoms. The third-order valence-corrected chi connectivity index (χ3v) is 195. The van der Waals surface area contributed by atoms with Gasteiger partial charge in [0.15, 0.2) is 0 Å². The maximum absolute atomic E-state index is 2.62. The van der Waals surface area contributed by atoms with Crippen LogP contribution in [0.1, 0.15) is 237 Å². The average Bonchev–Trinajstić information content (AvgIpc) is 3.18. The van der Waals surface area contributed by atoms with Crippen LogP contribution in [0.15, 0.2) is 0 Å². The van der Waals surface area contributed by atoms with E-state index in [9.17, 15) is 0 Å². The number of hydrogen-bond donors (Lipinski definition) is 0. The molecule has 0 aromatic rings. The van der Waals surface area contributed by atoms with E-state index in [4.69, 9.17) is 0 Å². The van der Waals surface area contributed by atoms with Crippen LogP contribution in [0, 0.1) is 0 Å². The van der Waals surface area contributed by atoms with Gasteiger partial charge in [0.1, 0.15) is 0 Å². The summed E-state index contributed by atoms with van der Waals surface area (Å²) in [5.74, 6) is 0. The molecule has 5 heteroatoms. The minimum absolute atomic E-state index is 1.47. The molecule has 0 atom stereocenters. The zero-order chi connectivity index (χ0) is 40.0. The van der Waals surface area contributed by atoms with Gasteiger partial charge in [0.2, 0.25) is 0 Å². The van der Waals surface area contributed by atoms with Crippen LogP contribution in [0.4, 0.5) is 0 Å². The van der Waals surface area contributed by atoms with Crippen LogP contribution in [0.25, 0.3) is 0 Å². The molecule has 0 N–H and O–H groups in total. The van der Waals surface area contributed by atoms with Crippen molar-refractivity contribution in [3.63, 3.8) is 0 Å². The molecule has 0 saturated heterocycles. The summed E-state index contributed by atoms with van der Waals surface area (Å²) >= 11 is -2.62. The van der Waals surface area contributed by atoms with E-state index < -0.39 is 35.4 Å². The molecule has 0 aliphatic carbocycles. The maximum atomic E-state index is 2.62. The van der Waals surface area contributed by atoms with Crippen LogP contribution in [0.5, 0.6) is 0 Å². The summed E-state index contributed by atoms with van der Waals surface area (Å²) in [5, 5.41) is -6.51. The molecular weight excluding hydrogens is 896 g/mol. The summed E-state index contributed by atoms with van der Waals surface area (Å²) in [5.41, 5.74) is 0. The van der Waals surface area contributed by atoms with Crippen LogP contribution >= 0.6 is 21.4 Å². The van der Waals surface area contributed by atoms with Gasteiger partial charge in [-0.15, -0.1) is 0 Å². The van der Waals surface area contributed by atoms with Crippen LogP contribution in [0.3, 0.4) is 0 Å². The van der Waals surface area contributed by atoms with Crippen molar-refractivity contribution in [3.8, 4) is 0 Å². The Morgan fingerprint density at radius 3 is 0.358 bits per heavy atom. The molecule has 0 unspecified atom stereocenters. The fraction of sp³-hybridized carbons (Fsp3) is 1.00. The van der Waals surface area contributed by atoms with Crippen molar-refractivity contribution in [2.24, 2.45) is 0 Å². The third kappa shape index (κ3) is 15.4. The van der Waals surface area contributed by atoms with E-state index in [2.05, 4.69) is 83.1 Å². The standard InChI is InChI=1S/4C12H27P.Pt/c4*1-4-7-10-13(11-8-5-2)12-9-6-3;/h4*4-12H2,1-3H3;/q;;;;-4/p+4. The Balaban J connectivity index is 9.99. The van der Waals surface area contributed by atoms with E-state index in [1.165, 1.54) is 77.0 Å². The Hall–Kier alpha value is 2.41. The Morgan fingerprint density at radius 2 is 0.283 bits per heavy atom. The molecule has 334 valence electrons. The number of hydrogen-bond acceptors (Lipinski definition) is 0. The van der Waals surface area contributed by atoms with Crippen molar-refractivity contribution < 1.29 is 14.0 Å². The Kier molecular flexibility index (Phi) is 34.7. The van der Waals surface area contributed by atoms with Crippen molar-refractivity contribution in [3.05, 3.63) is 0 Å². The number of rotatable bonds is 40. The molecule has 0 aromatic carbocycles. The van der Waals surface area contributed by atoms with E-state index in [1.807, 2.05) is 73.9 Å². The fourth-order valence-corrected chi connectivity index (χ4v) is 298. The second-order valence-corrected chi connectivity index (χ2v) is 96.1. The first-order valence-corrected chi connectivity index (χ1v) is 48.7. The summed E-state index contributed by atoms with van der Waals surface area (Å²) in [4.78, 5) is 0. The summed E-state index contributed by atoms with van der Waals surface area (Å²) in [6, 6.07) is 0. The zero-order valence-electron chi connectivity index (χ0n) is 39.8. The molecule has 0 saturated carbocycles. The molecule has 0 rings (SSSR count). The van der Waals surface area contributed by atoms with Gasteiger partial charge in [0, 0.05) is 0 Å². The molecule has 53 heavy (non-hydrogen) atoms. The Bertz CT molecular complexity index is 595. The van der Waals surface area contributed by atoms with Gasteiger partial charge >= 0.3 is 347 Å². The molecule has 0 amide bonds. The molecule has 0 fully saturated rings. The Morgan fingerprint density at radius 1 is 0.189 bits per heavy atom. The van der Waals surface area contributed by atoms with Gasteiger partial charge < -0.3 is 0 Å². The third-order valence-electron chi connectivity index (χ3n) is 13.6. The van der Waals surface area contributed by atoms with E-state index in [-0.39, 0.29) is 0 Å². The summed E-state index contributed by atoms with van der Waals surface area (Å²) in [6.45, 7) is 31.4. The molecule has 0 spiro atoms. The van der Waals surface area contributed by atoms with E-state index in [0.29, 0.717) is 0 Å². The van der Waals surface area contributed by atoms with E-state index in [1.54, 1.807) is 77.0 Å². The monoisotopic (exact) mass is 1010 g/mol. The summed E-state index contributed by atoms with van der Waals surface area (Å²) < 4.78 is 0. The predicted octanol–water partition coefficient (Wildman–Crippen LogP) is 18.4. The van der Waals surface area contributed by atoms with Crippen LogP contribution < -0.4 is 0 Å². The van der Waals surface area contributed by atoms with Gasteiger partial charge in [-0.05, 0) is 0 Å². The fourth-order valence-electron chi connectivity index (χ4n) is 10.8. The van der Waals surface area contributed by atoms with Crippen molar-refractivity contribution in [1.82, 2.24) is 0 Å². The molecule has 0 aromatic heterocycles. The van der Waals surface area contributed by atoms with Crippen molar-refractivity contribution in [2.75, 3.05) is 73.9 Å². The van der Waals surface area contributed by atoms with Gasteiger partial charge in [-0.1, -0.05) is 0 Å². The first kappa shape index (κ1) is 55.4. The summed E-state index contributed by atoms with van der Waals surface area (Å²) in [7, 11) is 0. The van der Waals surface area contributed by atoms with Crippen molar-refractivity contribution >= 4 is 21.4 Å². The summed E-state index contributed by atoms with van der Waals surface area (Å²) in [6.07, 6.45) is 59.0. The average molecular weight is 1010 g/mol. The minimum atomic E-state index is -2.62. The second kappa shape index (κ2) is 33.2. The van der Waals surface area contributed by atoms with Gasteiger partial charge in [-0.2, -0.15) is 0 Å². The second-order valence-electron chi connectivity index (χ2n) is 18.1. The normalized spacial score (nSPS) is 16.1. The van der Waals surface area contributed by atoms with Crippen molar-refractivity contribution in [1.29, 1.82) is 0 Å². The molecular formula is C48H112P4Pt. The first-order valence-electron chi connectivity index (χ1n) is 25.4. The Labute approximate surface area is 344 Å². The van der Waals surface area contributed by atoms with Crippen LogP contribution in [-0.4, -0.2) is 73.9 Å². The van der Waals surface area contributed by atoms with E-state index in [0.717, 1.165) is 0 Å². The quantitative estimate of drug-likeness (QED) is 0.0537. The van der Waals surface area contributed by atoms with Gasteiger partial charge in [-0.3, -0.25) is 0 Å². The zero-order valence-corrected chi connectivity index (χ0v) is 46.0. The van der Waals surface area contributed by atoms with Gasteiger partial charge in [0.25, 0.3) is 0 Å². The SMILES string of the molecule is CCCC[PH](CCCC)(CCCC)[Pt]([PH](CCCC)(CCCC)CCCC)([PH](CCCC)(CCCC)CCCC)[PH](CCCC)(CCCC)CCCC. The predicted molar refractivity (Wildman–Crippen MR) is 271 cm³/mol. The first-order chi connectivity index (χ1) is 25.7. The van der Waals surface area contributed by atoms with Crippen LogP contribution in [0.2, 0.25) is 0 Å². The molecule has 0 aliphatic heterocycles. The van der Waals surface area contributed by atoms with E-state index >= 15 is 0 Å².